The zero-order chi connectivity index (χ0) is 9.26. The zero-order valence-corrected chi connectivity index (χ0v) is 7.83. The van der Waals surface area contributed by atoms with Gasteiger partial charge in [0.15, 0.2) is 0 Å². The van der Waals surface area contributed by atoms with E-state index in [2.05, 4.69) is 42.1 Å². The number of hydrogen-bond acceptors (Lipinski definition) is 1. The number of benzene rings is 1. The SMILES string of the molecule is CCn1cc2ccc(CN)cc2c1. The first kappa shape index (κ1) is 8.32. The molecule has 0 bridgehead atoms. The van der Waals surface area contributed by atoms with E-state index >= 15 is 0 Å². The van der Waals surface area contributed by atoms with Crippen LogP contribution in [0.3, 0.4) is 0 Å². The molecule has 2 rings (SSSR count). The van der Waals surface area contributed by atoms with Crippen LogP contribution in [0.25, 0.3) is 10.8 Å². The summed E-state index contributed by atoms with van der Waals surface area (Å²) in [5.74, 6) is 0. The molecular weight excluding hydrogens is 160 g/mol. The molecule has 0 saturated heterocycles. The first-order valence-corrected chi connectivity index (χ1v) is 4.62. The van der Waals surface area contributed by atoms with Gasteiger partial charge in [-0.3, -0.25) is 0 Å². The maximum atomic E-state index is 5.57. The second kappa shape index (κ2) is 3.23. The van der Waals surface area contributed by atoms with E-state index in [9.17, 15) is 0 Å². The molecule has 13 heavy (non-hydrogen) atoms. The van der Waals surface area contributed by atoms with Crippen LogP contribution in [-0.2, 0) is 13.1 Å². The lowest BCUT2D eigenvalue weighted by atomic mass is 10.1. The number of fused-ring (bicyclic) bond motifs is 1. The van der Waals surface area contributed by atoms with Crippen LogP contribution >= 0.6 is 0 Å². The Hall–Kier alpha value is -1.28. The Kier molecular flexibility index (Phi) is 2.07. The maximum Gasteiger partial charge on any atom is 0.0191 e. The highest BCUT2D eigenvalue weighted by Gasteiger charge is 1.97. The second-order valence-corrected chi connectivity index (χ2v) is 3.26. The van der Waals surface area contributed by atoms with Crippen LogP contribution in [0.2, 0.25) is 0 Å². The average Bonchev–Trinajstić information content (AvgIpc) is 2.58. The van der Waals surface area contributed by atoms with Gasteiger partial charge in [0.1, 0.15) is 0 Å². The van der Waals surface area contributed by atoms with Crippen molar-refractivity contribution in [2.24, 2.45) is 5.73 Å². The van der Waals surface area contributed by atoms with Crippen molar-refractivity contribution in [3.63, 3.8) is 0 Å². The summed E-state index contributed by atoms with van der Waals surface area (Å²) in [5.41, 5.74) is 6.77. The topological polar surface area (TPSA) is 30.9 Å². The highest BCUT2D eigenvalue weighted by atomic mass is 14.9. The molecule has 1 aromatic carbocycles. The lowest BCUT2D eigenvalue weighted by Crippen LogP contribution is -1.94. The fraction of sp³-hybridized carbons (Fsp3) is 0.273. The first-order valence-electron chi connectivity index (χ1n) is 4.62. The summed E-state index contributed by atoms with van der Waals surface area (Å²) in [5, 5.41) is 2.57. The Morgan fingerprint density at radius 3 is 2.69 bits per heavy atom. The largest absolute Gasteiger partial charge is 0.353 e. The van der Waals surface area contributed by atoms with Crippen molar-refractivity contribution in [3.05, 3.63) is 36.2 Å². The predicted octanol–water partition coefficient (Wildman–Crippen LogP) is 2.12. The Morgan fingerprint density at radius 2 is 2.00 bits per heavy atom. The van der Waals surface area contributed by atoms with Crippen molar-refractivity contribution in [2.45, 2.75) is 20.0 Å². The molecule has 0 aliphatic heterocycles. The van der Waals surface area contributed by atoms with Crippen LogP contribution in [0, 0.1) is 0 Å². The van der Waals surface area contributed by atoms with Crippen LogP contribution < -0.4 is 5.73 Å². The monoisotopic (exact) mass is 174 g/mol. The third-order valence-corrected chi connectivity index (χ3v) is 2.36. The molecule has 2 heteroatoms. The minimum Gasteiger partial charge on any atom is -0.353 e. The van der Waals surface area contributed by atoms with Crippen LogP contribution in [0.4, 0.5) is 0 Å². The minimum atomic E-state index is 0.618. The van der Waals surface area contributed by atoms with Crippen LogP contribution in [0.1, 0.15) is 12.5 Å². The highest BCUT2D eigenvalue weighted by Crippen LogP contribution is 2.16. The van der Waals surface area contributed by atoms with Crippen molar-refractivity contribution >= 4 is 10.8 Å². The van der Waals surface area contributed by atoms with Gasteiger partial charge in [-0.25, -0.2) is 0 Å². The number of nitrogens with zero attached hydrogens (tertiary/aromatic N) is 1. The summed E-state index contributed by atoms with van der Waals surface area (Å²) >= 11 is 0. The van der Waals surface area contributed by atoms with Gasteiger partial charge in [0.25, 0.3) is 0 Å². The molecule has 2 nitrogen and oxygen atoms in total. The van der Waals surface area contributed by atoms with Crippen LogP contribution in [-0.4, -0.2) is 4.57 Å². The van der Waals surface area contributed by atoms with E-state index < -0.39 is 0 Å². The third kappa shape index (κ3) is 1.45. The molecule has 1 aromatic heterocycles. The third-order valence-electron chi connectivity index (χ3n) is 2.36. The summed E-state index contributed by atoms with van der Waals surface area (Å²) in [4.78, 5) is 0. The van der Waals surface area contributed by atoms with E-state index in [1.807, 2.05) is 0 Å². The zero-order valence-electron chi connectivity index (χ0n) is 7.83. The van der Waals surface area contributed by atoms with Crippen molar-refractivity contribution < 1.29 is 0 Å². The summed E-state index contributed by atoms with van der Waals surface area (Å²) in [6.45, 7) is 3.78. The Balaban J connectivity index is 2.57. The standard InChI is InChI=1S/C11H14N2/c1-2-13-7-10-4-3-9(6-12)5-11(10)8-13/h3-5,7-8H,2,6,12H2,1H3. The molecular formula is C11H14N2. The van der Waals surface area contributed by atoms with Gasteiger partial charge in [-0.2, -0.15) is 0 Å². The summed E-state index contributed by atoms with van der Waals surface area (Å²) in [6, 6.07) is 6.37. The first-order chi connectivity index (χ1) is 6.33. The van der Waals surface area contributed by atoms with Crippen LogP contribution in [0.5, 0.6) is 0 Å². The normalized spacial score (nSPS) is 10.9. The number of hydrogen-bond donors (Lipinski definition) is 1. The number of rotatable bonds is 2. The Labute approximate surface area is 78.0 Å². The van der Waals surface area contributed by atoms with Gasteiger partial charge in [0, 0.05) is 25.5 Å². The van der Waals surface area contributed by atoms with Gasteiger partial charge >= 0.3 is 0 Å². The van der Waals surface area contributed by atoms with Crippen molar-refractivity contribution in [1.82, 2.24) is 4.57 Å². The quantitative estimate of drug-likeness (QED) is 0.742. The molecule has 1 heterocycles. The molecule has 0 unspecified atom stereocenters. The van der Waals surface area contributed by atoms with E-state index in [1.165, 1.54) is 16.3 Å². The van der Waals surface area contributed by atoms with E-state index in [-0.39, 0.29) is 0 Å². The molecule has 0 fully saturated rings. The molecule has 0 aliphatic carbocycles. The van der Waals surface area contributed by atoms with Gasteiger partial charge in [0.05, 0.1) is 0 Å². The van der Waals surface area contributed by atoms with Gasteiger partial charge in [-0.1, -0.05) is 12.1 Å². The fourth-order valence-corrected chi connectivity index (χ4v) is 1.56. The predicted molar refractivity (Wildman–Crippen MR) is 55.5 cm³/mol. The van der Waals surface area contributed by atoms with Crippen molar-refractivity contribution in [1.29, 1.82) is 0 Å². The fourth-order valence-electron chi connectivity index (χ4n) is 1.56. The van der Waals surface area contributed by atoms with Gasteiger partial charge in [0.2, 0.25) is 0 Å². The number of nitrogens with two attached hydrogens (primary N) is 1. The highest BCUT2D eigenvalue weighted by molar-refractivity contribution is 5.82. The van der Waals surface area contributed by atoms with E-state index in [0.29, 0.717) is 6.54 Å². The molecule has 0 saturated carbocycles. The maximum absolute atomic E-state index is 5.57. The molecule has 0 radical (unpaired) electrons. The second-order valence-electron chi connectivity index (χ2n) is 3.26. The van der Waals surface area contributed by atoms with E-state index in [0.717, 1.165) is 6.54 Å². The minimum absolute atomic E-state index is 0.618. The van der Waals surface area contributed by atoms with Gasteiger partial charge in [-0.15, -0.1) is 0 Å². The molecule has 2 N–H and O–H groups in total. The van der Waals surface area contributed by atoms with E-state index in [4.69, 9.17) is 5.73 Å². The van der Waals surface area contributed by atoms with Gasteiger partial charge < -0.3 is 10.3 Å². The molecule has 0 atom stereocenters. The molecule has 0 aliphatic rings. The van der Waals surface area contributed by atoms with Gasteiger partial charge in [-0.05, 0) is 29.3 Å². The number of aromatic nitrogens is 1. The van der Waals surface area contributed by atoms with Crippen molar-refractivity contribution in [3.8, 4) is 0 Å². The smallest absolute Gasteiger partial charge is 0.0191 e. The van der Waals surface area contributed by atoms with E-state index in [1.54, 1.807) is 0 Å². The molecule has 0 spiro atoms. The Morgan fingerprint density at radius 1 is 1.23 bits per heavy atom. The lowest BCUT2D eigenvalue weighted by Gasteiger charge is -1.94. The van der Waals surface area contributed by atoms with Crippen LogP contribution in [0.15, 0.2) is 30.6 Å². The van der Waals surface area contributed by atoms with Crippen molar-refractivity contribution in [2.75, 3.05) is 0 Å². The summed E-state index contributed by atoms with van der Waals surface area (Å²) in [6.07, 6.45) is 4.32. The Bertz CT molecular complexity index is 413. The molecule has 2 aromatic rings. The molecule has 0 amide bonds. The average molecular weight is 174 g/mol. The summed E-state index contributed by atoms with van der Waals surface area (Å²) < 4.78 is 2.19. The summed E-state index contributed by atoms with van der Waals surface area (Å²) in [7, 11) is 0. The molecule has 68 valence electrons. The number of aryl methyl sites for hydroxylation is 1. The lowest BCUT2D eigenvalue weighted by molar-refractivity contribution is 0.773.